The summed E-state index contributed by atoms with van der Waals surface area (Å²) >= 11 is 2.54. The van der Waals surface area contributed by atoms with Crippen molar-refractivity contribution in [3.05, 3.63) is 21.6 Å². The molecule has 2 aromatic rings. The molecule has 2 rings (SSSR count). The molecule has 3 N–H and O–H groups in total. The van der Waals surface area contributed by atoms with Gasteiger partial charge in [0.1, 0.15) is 0 Å². The minimum atomic E-state index is -0.280. The summed E-state index contributed by atoms with van der Waals surface area (Å²) in [5.41, 5.74) is 7.90. The van der Waals surface area contributed by atoms with Crippen LogP contribution < -0.4 is 11.1 Å². The lowest BCUT2D eigenvalue weighted by molar-refractivity contribution is 0.0949. The molecule has 78 valence electrons. The summed E-state index contributed by atoms with van der Waals surface area (Å²) in [4.78, 5) is 15.5. The van der Waals surface area contributed by atoms with Crippen molar-refractivity contribution in [1.29, 1.82) is 0 Å². The molecule has 1 amide bonds. The van der Waals surface area contributed by atoms with Crippen molar-refractivity contribution in [2.75, 3.05) is 5.73 Å². The van der Waals surface area contributed by atoms with E-state index < -0.39 is 0 Å². The Hall–Kier alpha value is -1.54. The van der Waals surface area contributed by atoms with Crippen LogP contribution in [0.25, 0.3) is 0 Å². The van der Waals surface area contributed by atoms with E-state index in [4.69, 9.17) is 5.73 Å². The van der Waals surface area contributed by atoms with Crippen LogP contribution in [0.3, 0.4) is 0 Å². The van der Waals surface area contributed by atoms with Gasteiger partial charge in [-0.1, -0.05) is 11.3 Å². The molecule has 0 atom stereocenters. The SMILES string of the molecule is Nc1nnc(C(=O)NCc2cscn2)s1. The van der Waals surface area contributed by atoms with Crippen molar-refractivity contribution in [2.45, 2.75) is 6.54 Å². The third-order valence-electron chi connectivity index (χ3n) is 1.55. The van der Waals surface area contributed by atoms with Crippen molar-refractivity contribution >= 4 is 33.7 Å². The third kappa shape index (κ3) is 2.48. The maximum absolute atomic E-state index is 11.5. The van der Waals surface area contributed by atoms with Crippen LogP contribution in [-0.2, 0) is 6.54 Å². The Kier molecular flexibility index (Phi) is 2.88. The number of carbonyl (C=O) groups is 1. The molecule has 0 aliphatic carbocycles. The third-order valence-corrected chi connectivity index (χ3v) is 2.93. The second-order valence-corrected chi connectivity index (χ2v) is 4.34. The molecule has 2 heterocycles. The van der Waals surface area contributed by atoms with Crippen molar-refractivity contribution in [3.8, 4) is 0 Å². The molecule has 0 saturated heterocycles. The molecule has 0 aliphatic rings. The smallest absolute Gasteiger partial charge is 0.282 e. The number of thiazole rings is 1. The van der Waals surface area contributed by atoms with Gasteiger partial charge in [-0.15, -0.1) is 21.5 Å². The van der Waals surface area contributed by atoms with Crippen LogP contribution in [0, 0.1) is 0 Å². The highest BCUT2D eigenvalue weighted by molar-refractivity contribution is 7.16. The monoisotopic (exact) mass is 241 g/mol. The number of nitrogen functional groups attached to an aromatic ring is 1. The van der Waals surface area contributed by atoms with E-state index in [1.54, 1.807) is 5.51 Å². The molecule has 0 saturated carbocycles. The molecule has 15 heavy (non-hydrogen) atoms. The van der Waals surface area contributed by atoms with E-state index in [2.05, 4.69) is 20.5 Å². The fourth-order valence-corrected chi connectivity index (χ4v) is 1.98. The molecular formula is C7H7N5OS2. The van der Waals surface area contributed by atoms with E-state index in [-0.39, 0.29) is 16.0 Å². The van der Waals surface area contributed by atoms with Crippen LogP contribution in [0.1, 0.15) is 15.5 Å². The molecule has 0 unspecified atom stereocenters. The summed E-state index contributed by atoms with van der Waals surface area (Å²) in [6.07, 6.45) is 0. The minimum Gasteiger partial charge on any atom is -0.374 e. The summed E-state index contributed by atoms with van der Waals surface area (Å²) < 4.78 is 0. The van der Waals surface area contributed by atoms with Gasteiger partial charge in [0.25, 0.3) is 5.91 Å². The topological polar surface area (TPSA) is 93.8 Å². The number of nitrogens with two attached hydrogens (primary N) is 1. The molecule has 0 aliphatic heterocycles. The van der Waals surface area contributed by atoms with Crippen molar-refractivity contribution in [1.82, 2.24) is 20.5 Å². The zero-order chi connectivity index (χ0) is 10.7. The molecule has 2 aromatic heterocycles. The first kappa shape index (κ1) is 9.99. The van der Waals surface area contributed by atoms with Gasteiger partial charge < -0.3 is 11.1 Å². The van der Waals surface area contributed by atoms with Gasteiger partial charge in [0, 0.05) is 5.38 Å². The predicted octanol–water partition coefficient (Wildman–Crippen LogP) is 0.507. The maximum Gasteiger partial charge on any atom is 0.282 e. The number of nitrogens with zero attached hydrogens (tertiary/aromatic N) is 3. The first-order valence-electron chi connectivity index (χ1n) is 4.00. The normalized spacial score (nSPS) is 10.1. The van der Waals surface area contributed by atoms with Crippen molar-refractivity contribution in [3.63, 3.8) is 0 Å². The fraction of sp³-hybridized carbons (Fsp3) is 0.143. The van der Waals surface area contributed by atoms with Gasteiger partial charge in [0.05, 0.1) is 17.7 Å². The number of hydrogen-bond donors (Lipinski definition) is 2. The van der Waals surface area contributed by atoms with Crippen molar-refractivity contribution < 1.29 is 4.79 Å². The van der Waals surface area contributed by atoms with Gasteiger partial charge in [0.15, 0.2) is 0 Å². The van der Waals surface area contributed by atoms with Crippen LogP contribution >= 0.6 is 22.7 Å². The Balaban J connectivity index is 1.93. The zero-order valence-corrected chi connectivity index (χ0v) is 9.14. The first-order valence-corrected chi connectivity index (χ1v) is 5.76. The fourth-order valence-electron chi connectivity index (χ4n) is 0.898. The average Bonchev–Trinajstić information content (AvgIpc) is 2.84. The van der Waals surface area contributed by atoms with E-state index in [1.807, 2.05) is 5.38 Å². The minimum absolute atomic E-state index is 0.266. The second-order valence-electron chi connectivity index (χ2n) is 2.61. The number of carbonyl (C=O) groups excluding carboxylic acids is 1. The molecule has 8 heteroatoms. The van der Waals surface area contributed by atoms with Gasteiger partial charge in [-0.3, -0.25) is 4.79 Å². The summed E-state index contributed by atoms with van der Waals surface area (Å²) in [6.45, 7) is 0.391. The average molecular weight is 241 g/mol. The molecule has 0 radical (unpaired) electrons. The lowest BCUT2D eigenvalue weighted by Crippen LogP contribution is -2.22. The molecule has 0 aromatic carbocycles. The molecule has 6 nitrogen and oxygen atoms in total. The molecule has 0 fully saturated rings. The van der Waals surface area contributed by atoms with E-state index in [1.165, 1.54) is 11.3 Å². The van der Waals surface area contributed by atoms with E-state index in [0.717, 1.165) is 17.0 Å². The zero-order valence-electron chi connectivity index (χ0n) is 7.51. The van der Waals surface area contributed by atoms with E-state index in [9.17, 15) is 4.79 Å². The Bertz CT molecular complexity index is 452. The van der Waals surface area contributed by atoms with Crippen LogP contribution in [0.15, 0.2) is 10.9 Å². The van der Waals surface area contributed by atoms with Crippen LogP contribution in [-0.4, -0.2) is 21.1 Å². The number of aromatic nitrogens is 3. The molecular weight excluding hydrogens is 234 g/mol. The number of anilines is 1. The van der Waals surface area contributed by atoms with Crippen molar-refractivity contribution in [2.24, 2.45) is 0 Å². The van der Waals surface area contributed by atoms with E-state index >= 15 is 0 Å². The Morgan fingerprint density at radius 2 is 2.40 bits per heavy atom. The van der Waals surface area contributed by atoms with Gasteiger partial charge in [-0.25, -0.2) is 4.98 Å². The Morgan fingerprint density at radius 1 is 1.53 bits per heavy atom. The number of rotatable bonds is 3. The van der Waals surface area contributed by atoms with Crippen LogP contribution in [0.4, 0.5) is 5.13 Å². The van der Waals surface area contributed by atoms with Gasteiger partial charge in [-0.05, 0) is 0 Å². The largest absolute Gasteiger partial charge is 0.374 e. The van der Waals surface area contributed by atoms with Crippen LogP contribution in [0.2, 0.25) is 0 Å². The summed E-state index contributed by atoms with van der Waals surface area (Å²) in [6, 6.07) is 0. The lowest BCUT2D eigenvalue weighted by Gasteiger charge is -1.98. The highest BCUT2D eigenvalue weighted by atomic mass is 32.1. The van der Waals surface area contributed by atoms with E-state index in [0.29, 0.717) is 6.54 Å². The maximum atomic E-state index is 11.5. The standard InChI is InChI=1S/C7H7N5OS2/c8-7-12-11-6(15-7)5(13)9-1-4-2-14-3-10-4/h2-3H,1H2,(H2,8,12)(H,9,13). The van der Waals surface area contributed by atoms with Gasteiger partial charge in [0.2, 0.25) is 10.1 Å². The number of amides is 1. The summed E-state index contributed by atoms with van der Waals surface area (Å²) in [5, 5.41) is 12.3. The van der Waals surface area contributed by atoms with Gasteiger partial charge >= 0.3 is 0 Å². The number of hydrogen-bond acceptors (Lipinski definition) is 7. The Morgan fingerprint density at radius 3 is 3.00 bits per heavy atom. The summed E-state index contributed by atoms with van der Waals surface area (Å²) in [7, 11) is 0. The quantitative estimate of drug-likeness (QED) is 0.816. The highest BCUT2D eigenvalue weighted by Gasteiger charge is 2.11. The summed E-state index contributed by atoms with van der Waals surface area (Å²) in [5.74, 6) is -0.280. The lowest BCUT2D eigenvalue weighted by atomic mass is 10.5. The molecule has 0 spiro atoms. The van der Waals surface area contributed by atoms with Crippen LogP contribution in [0.5, 0.6) is 0 Å². The molecule has 0 bridgehead atoms. The Labute approximate surface area is 93.2 Å². The number of nitrogens with one attached hydrogen (secondary N) is 1. The van der Waals surface area contributed by atoms with Gasteiger partial charge in [-0.2, -0.15) is 0 Å². The second kappa shape index (κ2) is 4.32. The predicted molar refractivity (Wildman–Crippen MR) is 57.6 cm³/mol. The first-order chi connectivity index (χ1) is 7.25. The highest BCUT2D eigenvalue weighted by Crippen LogP contribution is 2.10.